The molecular formula is C27H22ClNO5. The maximum atomic E-state index is 13.3. The fraction of sp³-hybridized carbons (Fsp3) is 0.185. The monoisotopic (exact) mass is 475 g/mol. The van der Waals surface area contributed by atoms with E-state index in [0.29, 0.717) is 29.8 Å². The lowest BCUT2D eigenvalue weighted by atomic mass is 9.94. The number of halogens is 1. The number of Topliss-reactive ketones (excluding diaryl/α,β-unsaturated/α-hetero) is 1. The first kappa shape index (κ1) is 22.0. The van der Waals surface area contributed by atoms with Gasteiger partial charge in [-0.1, -0.05) is 23.7 Å². The number of benzene rings is 3. The maximum Gasteiger partial charge on any atom is 0.300 e. The minimum absolute atomic E-state index is 0.0372. The van der Waals surface area contributed by atoms with Gasteiger partial charge in [0.05, 0.1) is 23.2 Å². The second kappa shape index (κ2) is 8.22. The standard InChI is InChI=1S/C27H22ClNO5/c1-14-9-15(2)11-19(10-14)29-24(17-3-5-21(30)20(28)13-17)23(26(32)27(29)33)25(31)18-4-6-22-16(12-18)7-8-34-22/h3-6,9-13,24,30-31H,7-8H2,1-2H3/b25-23-. The smallest absolute Gasteiger partial charge is 0.300 e. The number of fused-ring (bicyclic) bond motifs is 1. The zero-order valence-corrected chi connectivity index (χ0v) is 19.4. The van der Waals surface area contributed by atoms with Crippen molar-refractivity contribution in [2.45, 2.75) is 26.3 Å². The molecule has 2 aliphatic rings. The summed E-state index contributed by atoms with van der Waals surface area (Å²) in [5.74, 6) is -1.18. The molecule has 1 amide bonds. The highest BCUT2D eigenvalue weighted by Crippen LogP contribution is 2.44. The number of aliphatic hydroxyl groups is 1. The van der Waals surface area contributed by atoms with Crippen LogP contribution in [-0.2, 0) is 16.0 Å². The number of aryl methyl sites for hydroxylation is 2. The van der Waals surface area contributed by atoms with Crippen molar-refractivity contribution in [3.05, 3.63) is 93.0 Å². The number of aliphatic hydroxyl groups excluding tert-OH is 1. The van der Waals surface area contributed by atoms with Gasteiger partial charge in [0.25, 0.3) is 11.7 Å². The number of carbonyl (C=O) groups excluding carboxylic acids is 2. The second-order valence-corrected chi connectivity index (χ2v) is 9.05. The molecule has 2 heterocycles. The number of aromatic hydroxyl groups is 1. The third kappa shape index (κ3) is 3.60. The average molecular weight is 476 g/mol. The van der Waals surface area contributed by atoms with E-state index >= 15 is 0 Å². The molecule has 0 spiro atoms. The Labute approximate surface area is 201 Å². The van der Waals surface area contributed by atoms with Gasteiger partial charge < -0.3 is 14.9 Å². The predicted molar refractivity (Wildman–Crippen MR) is 129 cm³/mol. The number of ketones is 1. The summed E-state index contributed by atoms with van der Waals surface area (Å²) in [6.07, 6.45) is 0.699. The molecule has 3 aromatic rings. The molecule has 2 aliphatic heterocycles. The summed E-state index contributed by atoms with van der Waals surface area (Å²) in [6.45, 7) is 4.38. The maximum absolute atomic E-state index is 13.3. The summed E-state index contributed by atoms with van der Waals surface area (Å²) in [7, 11) is 0. The van der Waals surface area contributed by atoms with E-state index in [2.05, 4.69) is 0 Å². The normalized spacial score (nSPS) is 18.8. The molecule has 34 heavy (non-hydrogen) atoms. The van der Waals surface area contributed by atoms with Crippen molar-refractivity contribution in [1.29, 1.82) is 0 Å². The van der Waals surface area contributed by atoms with Gasteiger partial charge in [0.1, 0.15) is 17.3 Å². The Morgan fingerprint density at radius 1 is 1.03 bits per heavy atom. The summed E-state index contributed by atoms with van der Waals surface area (Å²) in [4.78, 5) is 28.0. The van der Waals surface area contributed by atoms with Crippen LogP contribution in [0, 0.1) is 13.8 Å². The van der Waals surface area contributed by atoms with Crippen molar-refractivity contribution in [3.63, 3.8) is 0 Å². The number of hydrogen-bond donors (Lipinski definition) is 2. The van der Waals surface area contributed by atoms with Crippen LogP contribution in [0.15, 0.2) is 60.2 Å². The number of hydrogen-bond acceptors (Lipinski definition) is 5. The number of nitrogens with zero attached hydrogens (tertiary/aromatic N) is 1. The summed E-state index contributed by atoms with van der Waals surface area (Å²) in [5, 5.41) is 21.3. The number of ether oxygens (including phenoxy) is 1. The zero-order valence-electron chi connectivity index (χ0n) is 18.6. The number of amides is 1. The SMILES string of the molecule is Cc1cc(C)cc(N2C(=O)C(=O)/C(=C(\O)c3ccc4c(c3)CCO4)C2c2ccc(O)c(Cl)c2)c1. The quantitative estimate of drug-likeness (QED) is 0.308. The van der Waals surface area contributed by atoms with Gasteiger partial charge in [-0.15, -0.1) is 0 Å². The van der Waals surface area contributed by atoms with Crippen molar-refractivity contribution in [1.82, 2.24) is 0 Å². The van der Waals surface area contributed by atoms with Gasteiger partial charge in [-0.2, -0.15) is 0 Å². The Balaban J connectivity index is 1.74. The van der Waals surface area contributed by atoms with E-state index in [9.17, 15) is 19.8 Å². The average Bonchev–Trinajstić information content (AvgIpc) is 3.36. The molecule has 0 radical (unpaired) electrons. The summed E-state index contributed by atoms with van der Waals surface area (Å²) in [5.41, 5.74) is 4.21. The molecule has 1 fully saturated rings. The highest BCUT2D eigenvalue weighted by molar-refractivity contribution is 6.51. The third-order valence-electron chi connectivity index (χ3n) is 6.18. The molecular weight excluding hydrogens is 454 g/mol. The van der Waals surface area contributed by atoms with E-state index < -0.39 is 17.7 Å². The highest BCUT2D eigenvalue weighted by Gasteiger charge is 2.47. The molecule has 0 saturated carbocycles. The van der Waals surface area contributed by atoms with Crippen molar-refractivity contribution < 1.29 is 24.5 Å². The summed E-state index contributed by atoms with van der Waals surface area (Å²) >= 11 is 6.19. The molecule has 6 nitrogen and oxygen atoms in total. The van der Waals surface area contributed by atoms with E-state index in [1.807, 2.05) is 32.0 Å². The first-order chi connectivity index (χ1) is 16.2. The van der Waals surface area contributed by atoms with E-state index in [1.54, 1.807) is 24.3 Å². The van der Waals surface area contributed by atoms with Gasteiger partial charge in [0.2, 0.25) is 0 Å². The van der Waals surface area contributed by atoms with Crippen LogP contribution in [0.4, 0.5) is 5.69 Å². The van der Waals surface area contributed by atoms with Crippen LogP contribution in [0.1, 0.15) is 33.9 Å². The van der Waals surface area contributed by atoms with Crippen molar-refractivity contribution in [2.24, 2.45) is 0 Å². The molecule has 7 heteroatoms. The van der Waals surface area contributed by atoms with Gasteiger partial charge in [-0.25, -0.2) is 0 Å². The fourth-order valence-electron chi connectivity index (χ4n) is 4.69. The van der Waals surface area contributed by atoms with Crippen molar-refractivity contribution in [2.75, 3.05) is 11.5 Å². The Morgan fingerprint density at radius 2 is 1.76 bits per heavy atom. The highest BCUT2D eigenvalue weighted by atomic mass is 35.5. The van der Waals surface area contributed by atoms with Gasteiger partial charge in [-0.05, 0) is 78.6 Å². The van der Waals surface area contributed by atoms with Crippen LogP contribution in [0.5, 0.6) is 11.5 Å². The third-order valence-corrected chi connectivity index (χ3v) is 6.48. The van der Waals surface area contributed by atoms with E-state index in [4.69, 9.17) is 16.3 Å². The van der Waals surface area contributed by atoms with Crippen LogP contribution >= 0.6 is 11.6 Å². The van der Waals surface area contributed by atoms with E-state index in [0.717, 1.165) is 22.4 Å². The van der Waals surface area contributed by atoms with Crippen LogP contribution in [-0.4, -0.2) is 28.5 Å². The van der Waals surface area contributed by atoms with Gasteiger partial charge in [-0.3, -0.25) is 14.5 Å². The Morgan fingerprint density at radius 3 is 2.47 bits per heavy atom. The largest absolute Gasteiger partial charge is 0.507 e. The predicted octanol–water partition coefficient (Wildman–Crippen LogP) is 5.22. The molecule has 0 aliphatic carbocycles. The van der Waals surface area contributed by atoms with E-state index in [-0.39, 0.29) is 22.1 Å². The van der Waals surface area contributed by atoms with Crippen molar-refractivity contribution >= 4 is 34.7 Å². The van der Waals surface area contributed by atoms with Crippen LogP contribution in [0.2, 0.25) is 5.02 Å². The van der Waals surface area contributed by atoms with Crippen LogP contribution < -0.4 is 9.64 Å². The summed E-state index contributed by atoms with van der Waals surface area (Å²) in [6, 6.07) is 14.4. The van der Waals surface area contributed by atoms with Gasteiger partial charge >= 0.3 is 0 Å². The molecule has 1 unspecified atom stereocenters. The van der Waals surface area contributed by atoms with Gasteiger partial charge in [0.15, 0.2) is 0 Å². The van der Waals surface area contributed by atoms with Gasteiger partial charge in [0, 0.05) is 17.7 Å². The first-order valence-electron chi connectivity index (χ1n) is 10.9. The van der Waals surface area contributed by atoms with Crippen LogP contribution in [0.3, 0.4) is 0 Å². The lowest BCUT2D eigenvalue weighted by Gasteiger charge is -2.26. The number of anilines is 1. The molecule has 2 N–H and O–H groups in total. The molecule has 0 bridgehead atoms. The zero-order chi connectivity index (χ0) is 24.1. The number of carbonyl (C=O) groups is 2. The Hall–Kier alpha value is -3.77. The minimum atomic E-state index is -0.927. The fourth-order valence-corrected chi connectivity index (χ4v) is 4.88. The van der Waals surface area contributed by atoms with E-state index in [1.165, 1.54) is 17.0 Å². The molecule has 0 aromatic heterocycles. The first-order valence-corrected chi connectivity index (χ1v) is 11.3. The molecule has 172 valence electrons. The molecule has 1 atom stereocenters. The lowest BCUT2D eigenvalue weighted by molar-refractivity contribution is -0.132. The number of phenols is 1. The Kier molecular flexibility index (Phi) is 5.33. The summed E-state index contributed by atoms with van der Waals surface area (Å²) < 4.78 is 5.54. The molecule has 3 aromatic carbocycles. The Bertz CT molecular complexity index is 1370. The second-order valence-electron chi connectivity index (χ2n) is 8.65. The van der Waals surface area contributed by atoms with Crippen LogP contribution in [0.25, 0.3) is 5.76 Å². The number of phenolic OH excluding ortho intramolecular Hbond substituents is 1. The molecule has 5 rings (SSSR count). The lowest BCUT2D eigenvalue weighted by Crippen LogP contribution is -2.29. The number of rotatable bonds is 3. The topological polar surface area (TPSA) is 87.1 Å². The minimum Gasteiger partial charge on any atom is -0.507 e. The van der Waals surface area contributed by atoms with Crippen molar-refractivity contribution in [3.8, 4) is 11.5 Å². The molecule has 1 saturated heterocycles.